The predicted octanol–water partition coefficient (Wildman–Crippen LogP) is 10.6. The van der Waals surface area contributed by atoms with Gasteiger partial charge in [-0.2, -0.15) is 0 Å². The number of aliphatic carboxylic acids is 2. The van der Waals surface area contributed by atoms with Crippen LogP contribution in [0.25, 0.3) is 0 Å². The van der Waals surface area contributed by atoms with Gasteiger partial charge in [-0.3, -0.25) is 9.59 Å². The van der Waals surface area contributed by atoms with Crippen molar-refractivity contribution in [1.29, 1.82) is 0 Å². The Morgan fingerprint density at radius 3 is 0.944 bits per heavy atom. The summed E-state index contributed by atoms with van der Waals surface area (Å²) in [5, 5.41) is 18.1. The van der Waals surface area contributed by atoms with E-state index in [9.17, 15) is 9.59 Å². The van der Waals surface area contributed by atoms with Gasteiger partial charge in [0.2, 0.25) is 0 Å². The lowest BCUT2D eigenvalue weighted by Crippen LogP contribution is -2.16. The van der Waals surface area contributed by atoms with Gasteiger partial charge in [-0.1, -0.05) is 155 Å². The fourth-order valence-corrected chi connectivity index (χ4v) is 5.68. The molecule has 0 amide bonds. The number of rotatable bonds is 29. The zero-order valence-corrected chi connectivity index (χ0v) is 24.3. The lowest BCUT2D eigenvalue weighted by atomic mass is 9.78. The molecule has 0 rings (SSSR count). The molecular formula is C32H62O4. The minimum absolute atomic E-state index is 0.284. The summed E-state index contributed by atoms with van der Waals surface area (Å²) >= 11 is 0. The number of carboxylic acids is 2. The summed E-state index contributed by atoms with van der Waals surface area (Å²) in [5.74, 6) is -0.0147. The lowest BCUT2D eigenvalue weighted by Gasteiger charge is -2.28. The lowest BCUT2D eigenvalue weighted by molar-refractivity contribution is -0.138. The van der Waals surface area contributed by atoms with Crippen molar-refractivity contribution in [2.45, 2.75) is 181 Å². The molecule has 4 heteroatoms. The van der Waals surface area contributed by atoms with Crippen molar-refractivity contribution in [2.24, 2.45) is 11.8 Å². The Morgan fingerprint density at radius 1 is 0.417 bits per heavy atom. The third-order valence-electron chi connectivity index (χ3n) is 7.95. The molecule has 0 aromatic carbocycles. The second-order valence-corrected chi connectivity index (χ2v) is 11.3. The van der Waals surface area contributed by atoms with E-state index < -0.39 is 11.9 Å². The fraction of sp³-hybridized carbons (Fsp3) is 0.938. The van der Waals surface area contributed by atoms with Crippen LogP contribution >= 0.6 is 0 Å². The highest BCUT2D eigenvalue weighted by Crippen LogP contribution is 2.33. The molecule has 4 nitrogen and oxygen atoms in total. The van der Waals surface area contributed by atoms with Crippen LogP contribution in [0, 0.1) is 11.8 Å². The first-order valence-electron chi connectivity index (χ1n) is 15.9. The first-order valence-corrected chi connectivity index (χ1v) is 15.9. The Labute approximate surface area is 224 Å². The molecule has 0 aliphatic rings. The summed E-state index contributed by atoms with van der Waals surface area (Å²) in [4.78, 5) is 22.0. The van der Waals surface area contributed by atoms with Crippen LogP contribution in [-0.2, 0) is 9.59 Å². The normalized spacial score (nSPS) is 13.1. The largest absolute Gasteiger partial charge is 0.481 e. The Kier molecular flexibility index (Phi) is 26.2. The fourth-order valence-electron chi connectivity index (χ4n) is 5.68. The molecule has 0 bridgehead atoms. The van der Waals surface area contributed by atoms with Crippen LogP contribution in [0.2, 0.25) is 0 Å². The number of hydrogen-bond acceptors (Lipinski definition) is 2. The quantitative estimate of drug-likeness (QED) is 0.0981. The third kappa shape index (κ3) is 24.6. The molecule has 214 valence electrons. The molecule has 0 spiro atoms. The van der Waals surface area contributed by atoms with E-state index in [1.165, 1.54) is 116 Å². The molecule has 0 heterocycles. The summed E-state index contributed by atoms with van der Waals surface area (Å²) in [6.07, 6.45) is 30.4. The third-order valence-corrected chi connectivity index (χ3v) is 7.95. The smallest absolute Gasteiger partial charge is 0.303 e. The van der Waals surface area contributed by atoms with E-state index in [1.54, 1.807) is 0 Å². The number of carbonyl (C=O) groups is 2. The molecule has 0 aliphatic carbocycles. The van der Waals surface area contributed by atoms with Crippen LogP contribution in [0.5, 0.6) is 0 Å². The highest BCUT2D eigenvalue weighted by atomic mass is 16.4. The van der Waals surface area contributed by atoms with E-state index in [0.29, 0.717) is 11.8 Å². The van der Waals surface area contributed by atoms with Crippen molar-refractivity contribution in [3.05, 3.63) is 0 Å². The van der Waals surface area contributed by atoms with Gasteiger partial charge in [-0.05, 0) is 24.7 Å². The molecule has 2 unspecified atom stereocenters. The van der Waals surface area contributed by atoms with Gasteiger partial charge < -0.3 is 10.2 Å². The molecule has 2 atom stereocenters. The van der Waals surface area contributed by atoms with Gasteiger partial charge in [0.05, 0.1) is 0 Å². The average Bonchev–Trinajstić information content (AvgIpc) is 2.84. The molecule has 2 N–H and O–H groups in total. The summed E-state index contributed by atoms with van der Waals surface area (Å²) in [5.41, 5.74) is 0. The highest BCUT2D eigenvalue weighted by Gasteiger charge is 2.21. The van der Waals surface area contributed by atoms with Crippen molar-refractivity contribution in [3.63, 3.8) is 0 Å². The van der Waals surface area contributed by atoms with Crippen LogP contribution in [0.3, 0.4) is 0 Å². The number of hydrogen-bond donors (Lipinski definition) is 2. The van der Waals surface area contributed by atoms with Crippen LogP contribution in [-0.4, -0.2) is 22.2 Å². The van der Waals surface area contributed by atoms with Gasteiger partial charge in [0, 0.05) is 12.8 Å². The Bertz CT molecular complexity index is 447. The molecule has 0 aliphatic heterocycles. The first kappa shape index (κ1) is 34.9. The summed E-state index contributed by atoms with van der Waals surface area (Å²) in [6.45, 7) is 4.53. The van der Waals surface area contributed by atoms with E-state index in [-0.39, 0.29) is 12.8 Å². The van der Waals surface area contributed by atoms with Crippen LogP contribution in [0.4, 0.5) is 0 Å². The van der Waals surface area contributed by atoms with E-state index in [4.69, 9.17) is 10.2 Å². The van der Waals surface area contributed by atoms with Gasteiger partial charge in [-0.25, -0.2) is 0 Å². The standard InChI is InChI=1S/C32H62O4/c1-3-5-7-9-11-13-15-17-23-29(25-19-21-27-31(33)34)30(26-20-22-28-32(35)36)24-18-16-14-12-10-8-6-4-2/h29-30H,3-28H2,1-2H3,(H,33,34)(H,35,36). The molecule has 36 heavy (non-hydrogen) atoms. The molecule has 0 saturated heterocycles. The van der Waals surface area contributed by atoms with Crippen LogP contribution in [0.15, 0.2) is 0 Å². The highest BCUT2D eigenvalue weighted by molar-refractivity contribution is 5.66. The van der Waals surface area contributed by atoms with Gasteiger partial charge in [0.1, 0.15) is 0 Å². The van der Waals surface area contributed by atoms with Crippen molar-refractivity contribution in [3.8, 4) is 0 Å². The Balaban J connectivity index is 4.69. The molecule has 0 radical (unpaired) electrons. The minimum Gasteiger partial charge on any atom is -0.481 e. The molecular weight excluding hydrogens is 448 g/mol. The van der Waals surface area contributed by atoms with Gasteiger partial charge in [0.15, 0.2) is 0 Å². The second kappa shape index (κ2) is 27.0. The molecule has 0 aromatic rings. The SMILES string of the molecule is CCCCCCCCCCC(CCCCC(=O)O)C(CCCCCCCCCC)CCCCC(=O)O. The maximum absolute atomic E-state index is 11.0. The Morgan fingerprint density at radius 2 is 0.667 bits per heavy atom. The van der Waals surface area contributed by atoms with Gasteiger partial charge in [-0.15, -0.1) is 0 Å². The van der Waals surface area contributed by atoms with Crippen molar-refractivity contribution in [1.82, 2.24) is 0 Å². The van der Waals surface area contributed by atoms with E-state index in [0.717, 1.165) is 38.5 Å². The molecule has 0 aromatic heterocycles. The van der Waals surface area contributed by atoms with Gasteiger partial charge in [0.25, 0.3) is 0 Å². The topological polar surface area (TPSA) is 74.6 Å². The minimum atomic E-state index is -0.682. The maximum atomic E-state index is 11.0. The molecule has 0 fully saturated rings. The zero-order chi connectivity index (χ0) is 26.7. The van der Waals surface area contributed by atoms with E-state index >= 15 is 0 Å². The van der Waals surface area contributed by atoms with Crippen LogP contribution in [0.1, 0.15) is 181 Å². The number of carboxylic acid groups (broad SMARTS) is 2. The van der Waals surface area contributed by atoms with Gasteiger partial charge >= 0.3 is 11.9 Å². The number of unbranched alkanes of at least 4 members (excludes halogenated alkanes) is 16. The predicted molar refractivity (Wildman–Crippen MR) is 154 cm³/mol. The molecule has 0 saturated carbocycles. The monoisotopic (exact) mass is 510 g/mol. The van der Waals surface area contributed by atoms with Crippen molar-refractivity contribution in [2.75, 3.05) is 0 Å². The average molecular weight is 511 g/mol. The summed E-state index contributed by atoms with van der Waals surface area (Å²) in [7, 11) is 0. The zero-order valence-electron chi connectivity index (χ0n) is 24.3. The summed E-state index contributed by atoms with van der Waals surface area (Å²) < 4.78 is 0. The second-order valence-electron chi connectivity index (χ2n) is 11.3. The van der Waals surface area contributed by atoms with E-state index in [2.05, 4.69) is 13.8 Å². The first-order chi connectivity index (χ1) is 17.5. The van der Waals surface area contributed by atoms with Crippen LogP contribution < -0.4 is 0 Å². The summed E-state index contributed by atoms with van der Waals surface area (Å²) in [6, 6.07) is 0. The Hall–Kier alpha value is -1.06. The van der Waals surface area contributed by atoms with E-state index in [1.807, 2.05) is 0 Å². The van der Waals surface area contributed by atoms with Crippen molar-refractivity contribution >= 4 is 11.9 Å². The van der Waals surface area contributed by atoms with Crippen molar-refractivity contribution < 1.29 is 19.8 Å². The maximum Gasteiger partial charge on any atom is 0.303 e.